The van der Waals surface area contributed by atoms with Crippen LogP contribution in [-0.2, 0) is 9.53 Å². The fraction of sp³-hybridized carbons (Fsp3) is 0.923. The maximum atomic E-state index is 13.9. The van der Waals surface area contributed by atoms with Crippen LogP contribution in [0.25, 0.3) is 0 Å². The maximum Gasteiger partial charge on any atom is 0.352 e. The summed E-state index contributed by atoms with van der Waals surface area (Å²) in [4.78, 5) is 11.8. The van der Waals surface area contributed by atoms with Crippen molar-refractivity contribution in [1.29, 1.82) is 0 Å². The third kappa shape index (κ3) is 2.60. The van der Waals surface area contributed by atoms with E-state index in [1.54, 1.807) is 0 Å². The number of methoxy groups -OCH3 is 1. The van der Waals surface area contributed by atoms with E-state index in [0.29, 0.717) is 12.8 Å². The Morgan fingerprint density at radius 2 is 1.95 bits per heavy atom. The molecule has 2 aliphatic rings. The quantitative estimate of drug-likeness (QED) is 0.821. The molecule has 0 aromatic heterocycles. The van der Waals surface area contributed by atoms with Crippen molar-refractivity contribution in [3.63, 3.8) is 0 Å². The van der Waals surface area contributed by atoms with Crippen LogP contribution in [0.1, 0.15) is 44.9 Å². The first-order chi connectivity index (χ1) is 8.90. The van der Waals surface area contributed by atoms with Crippen LogP contribution in [-0.4, -0.2) is 41.8 Å². The van der Waals surface area contributed by atoms with E-state index in [2.05, 4.69) is 5.32 Å². The molecule has 0 aromatic rings. The van der Waals surface area contributed by atoms with E-state index in [0.717, 1.165) is 19.3 Å². The highest BCUT2D eigenvalue weighted by Crippen LogP contribution is 2.44. The average molecular weight is 277 g/mol. The molecule has 4 nitrogen and oxygen atoms in total. The second kappa shape index (κ2) is 5.32. The highest BCUT2D eigenvalue weighted by atomic mass is 19.3. The smallest absolute Gasteiger partial charge is 0.352 e. The minimum absolute atomic E-state index is 0.0220. The number of amides is 1. The van der Waals surface area contributed by atoms with Gasteiger partial charge in [-0.3, -0.25) is 4.79 Å². The van der Waals surface area contributed by atoms with E-state index in [4.69, 9.17) is 4.74 Å². The predicted octanol–water partition coefficient (Wildman–Crippen LogP) is 1.61. The number of hydrogen-bond donors (Lipinski definition) is 2. The molecule has 2 aliphatic carbocycles. The van der Waals surface area contributed by atoms with Gasteiger partial charge in [0.1, 0.15) is 5.60 Å². The van der Waals surface area contributed by atoms with Gasteiger partial charge in [0.15, 0.2) is 0 Å². The molecule has 0 spiro atoms. The molecule has 6 heteroatoms. The van der Waals surface area contributed by atoms with Gasteiger partial charge in [-0.1, -0.05) is 12.8 Å². The van der Waals surface area contributed by atoms with Crippen molar-refractivity contribution in [2.24, 2.45) is 0 Å². The van der Waals surface area contributed by atoms with Crippen LogP contribution in [0, 0.1) is 0 Å². The second-order valence-corrected chi connectivity index (χ2v) is 5.60. The Balaban J connectivity index is 1.99. The summed E-state index contributed by atoms with van der Waals surface area (Å²) < 4.78 is 33.1. The maximum absolute atomic E-state index is 13.9. The predicted molar refractivity (Wildman–Crippen MR) is 64.9 cm³/mol. The third-order valence-electron chi connectivity index (χ3n) is 4.37. The summed E-state index contributed by atoms with van der Waals surface area (Å²) in [5, 5.41) is 12.1. The summed E-state index contributed by atoms with van der Waals surface area (Å²) in [5.74, 6) is -5.09. The molecule has 2 saturated carbocycles. The van der Waals surface area contributed by atoms with Gasteiger partial charge in [0.25, 0.3) is 5.91 Å². The summed E-state index contributed by atoms with van der Waals surface area (Å²) in [6.07, 6.45) is 3.53. The molecule has 0 saturated heterocycles. The van der Waals surface area contributed by atoms with Gasteiger partial charge in [0.05, 0.1) is 12.1 Å². The van der Waals surface area contributed by atoms with E-state index in [9.17, 15) is 18.7 Å². The molecule has 1 amide bonds. The standard InChI is InChI=1S/C13H21F2NO3/c1-19-10-6-3-2-5-9(10)16-11(17)13(14,15)12(18)7-4-8-12/h9-10,18H,2-8H2,1H3,(H,16,17)/t9-,10-/m0/s1. The van der Waals surface area contributed by atoms with Gasteiger partial charge in [-0.2, -0.15) is 8.78 Å². The number of hydrogen-bond acceptors (Lipinski definition) is 3. The van der Waals surface area contributed by atoms with Gasteiger partial charge in [-0.25, -0.2) is 0 Å². The number of rotatable bonds is 4. The van der Waals surface area contributed by atoms with Crippen molar-refractivity contribution in [1.82, 2.24) is 5.32 Å². The van der Waals surface area contributed by atoms with Crippen molar-refractivity contribution < 1.29 is 23.4 Å². The van der Waals surface area contributed by atoms with Gasteiger partial charge in [-0.15, -0.1) is 0 Å². The fourth-order valence-electron chi connectivity index (χ4n) is 2.84. The van der Waals surface area contributed by atoms with E-state index in [1.807, 2.05) is 0 Å². The highest BCUT2D eigenvalue weighted by molar-refractivity contribution is 5.85. The zero-order valence-corrected chi connectivity index (χ0v) is 11.1. The molecule has 2 rings (SSSR count). The van der Waals surface area contributed by atoms with E-state index in [-0.39, 0.29) is 25.0 Å². The highest BCUT2D eigenvalue weighted by Gasteiger charge is 2.61. The molecule has 19 heavy (non-hydrogen) atoms. The summed E-state index contributed by atoms with van der Waals surface area (Å²) in [7, 11) is 1.52. The van der Waals surface area contributed by atoms with Crippen LogP contribution >= 0.6 is 0 Å². The minimum Gasteiger partial charge on any atom is -0.383 e. The Labute approximate surface area is 111 Å². The number of carbonyl (C=O) groups excluding carboxylic acids is 1. The molecule has 0 bridgehead atoms. The number of nitrogens with one attached hydrogen (secondary N) is 1. The lowest BCUT2D eigenvalue weighted by Crippen LogP contribution is -2.63. The molecular formula is C13H21F2NO3. The van der Waals surface area contributed by atoms with E-state index >= 15 is 0 Å². The van der Waals surface area contributed by atoms with Crippen molar-refractivity contribution in [3.8, 4) is 0 Å². The van der Waals surface area contributed by atoms with Crippen molar-refractivity contribution in [3.05, 3.63) is 0 Å². The number of halogens is 2. The Bertz CT molecular complexity index is 345. The Kier molecular flexibility index (Phi) is 4.11. The zero-order valence-electron chi connectivity index (χ0n) is 11.1. The fourth-order valence-corrected chi connectivity index (χ4v) is 2.84. The lowest BCUT2D eigenvalue weighted by molar-refractivity contribution is -0.217. The van der Waals surface area contributed by atoms with Crippen LogP contribution in [0.15, 0.2) is 0 Å². The summed E-state index contributed by atoms with van der Waals surface area (Å²) >= 11 is 0. The Morgan fingerprint density at radius 3 is 2.47 bits per heavy atom. The number of carbonyl (C=O) groups is 1. The molecule has 2 N–H and O–H groups in total. The topological polar surface area (TPSA) is 58.6 Å². The molecule has 0 radical (unpaired) electrons. The first kappa shape index (κ1) is 14.7. The van der Waals surface area contributed by atoms with Gasteiger partial charge < -0.3 is 15.2 Å². The second-order valence-electron chi connectivity index (χ2n) is 5.60. The lowest BCUT2D eigenvalue weighted by atomic mass is 9.75. The molecule has 110 valence electrons. The number of alkyl halides is 2. The zero-order chi connectivity index (χ0) is 14.1. The van der Waals surface area contributed by atoms with Gasteiger partial charge in [0.2, 0.25) is 0 Å². The molecule has 2 fully saturated rings. The van der Waals surface area contributed by atoms with Crippen molar-refractivity contribution >= 4 is 5.91 Å². The minimum atomic E-state index is -3.72. The van der Waals surface area contributed by atoms with Crippen molar-refractivity contribution in [2.75, 3.05) is 7.11 Å². The number of ether oxygens (including phenoxy) is 1. The Hall–Kier alpha value is -0.750. The van der Waals surface area contributed by atoms with E-state index < -0.39 is 17.4 Å². The molecule has 0 unspecified atom stereocenters. The number of aliphatic hydroxyl groups is 1. The van der Waals surface area contributed by atoms with Gasteiger partial charge in [0, 0.05) is 7.11 Å². The molecule has 0 aromatic carbocycles. The Morgan fingerprint density at radius 1 is 1.32 bits per heavy atom. The van der Waals surface area contributed by atoms with Gasteiger partial charge in [-0.05, 0) is 32.1 Å². The van der Waals surface area contributed by atoms with Crippen LogP contribution in [0.3, 0.4) is 0 Å². The van der Waals surface area contributed by atoms with Crippen molar-refractivity contribution in [2.45, 2.75) is 68.6 Å². The van der Waals surface area contributed by atoms with Crippen LogP contribution in [0.2, 0.25) is 0 Å². The molecular weight excluding hydrogens is 256 g/mol. The summed E-state index contributed by atoms with van der Waals surface area (Å²) in [6, 6.07) is -0.388. The summed E-state index contributed by atoms with van der Waals surface area (Å²) in [5.41, 5.74) is -2.16. The molecule has 2 atom stereocenters. The largest absolute Gasteiger partial charge is 0.383 e. The lowest BCUT2D eigenvalue weighted by Gasteiger charge is -2.42. The van der Waals surface area contributed by atoms with Crippen LogP contribution < -0.4 is 5.32 Å². The monoisotopic (exact) mass is 277 g/mol. The molecule has 0 heterocycles. The normalized spacial score (nSPS) is 30.5. The first-order valence-corrected chi connectivity index (χ1v) is 6.85. The van der Waals surface area contributed by atoms with Crippen LogP contribution in [0.5, 0.6) is 0 Å². The molecule has 0 aliphatic heterocycles. The summed E-state index contributed by atoms with van der Waals surface area (Å²) in [6.45, 7) is 0. The first-order valence-electron chi connectivity index (χ1n) is 6.85. The third-order valence-corrected chi connectivity index (χ3v) is 4.37. The van der Waals surface area contributed by atoms with E-state index in [1.165, 1.54) is 7.11 Å². The SMILES string of the molecule is CO[C@H]1CCCC[C@@H]1NC(=O)C(F)(F)C1(O)CCC1. The average Bonchev–Trinajstić information content (AvgIpc) is 2.36. The van der Waals surface area contributed by atoms with Gasteiger partial charge >= 0.3 is 5.92 Å². The van der Waals surface area contributed by atoms with Crippen LogP contribution in [0.4, 0.5) is 8.78 Å².